The highest BCUT2D eigenvalue weighted by Crippen LogP contribution is 2.19. The van der Waals surface area contributed by atoms with Crippen LogP contribution < -0.4 is 0 Å². The fourth-order valence-electron chi connectivity index (χ4n) is 2.33. The summed E-state index contributed by atoms with van der Waals surface area (Å²) in [4.78, 5) is 17.0. The Hall–Kier alpha value is -1.93. The largest absolute Gasteiger partial charge is 0.480 e. The van der Waals surface area contributed by atoms with Crippen LogP contribution in [0.1, 0.15) is 30.5 Å². The van der Waals surface area contributed by atoms with Crippen LogP contribution in [-0.2, 0) is 11.3 Å². The maximum Gasteiger partial charge on any atom is 0.320 e. The molecule has 2 rings (SSSR count). The van der Waals surface area contributed by atoms with Crippen molar-refractivity contribution in [1.82, 2.24) is 9.88 Å². The smallest absolute Gasteiger partial charge is 0.320 e. The van der Waals surface area contributed by atoms with Crippen molar-refractivity contribution < 1.29 is 9.90 Å². The molecular weight excluding hydrogens is 230 g/mol. The van der Waals surface area contributed by atoms with Crippen LogP contribution in [0.15, 0.2) is 18.3 Å². The van der Waals surface area contributed by atoms with E-state index in [1.807, 2.05) is 17.0 Å². The summed E-state index contributed by atoms with van der Waals surface area (Å²) in [5.74, 6) is -0.760. The first-order valence-electron chi connectivity index (χ1n) is 6.02. The molecule has 1 saturated heterocycles. The van der Waals surface area contributed by atoms with Crippen molar-refractivity contribution in [2.45, 2.75) is 31.8 Å². The van der Waals surface area contributed by atoms with E-state index in [0.29, 0.717) is 18.7 Å². The van der Waals surface area contributed by atoms with Crippen molar-refractivity contribution in [2.75, 3.05) is 6.54 Å². The Morgan fingerprint density at radius 1 is 1.61 bits per heavy atom. The molecule has 0 radical (unpaired) electrons. The van der Waals surface area contributed by atoms with Gasteiger partial charge < -0.3 is 5.11 Å². The minimum atomic E-state index is -0.760. The number of nitrogens with zero attached hydrogens (tertiary/aromatic N) is 3. The van der Waals surface area contributed by atoms with E-state index < -0.39 is 12.0 Å². The van der Waals surface area contributed by atoms with Crippen LogP contribution in [0.2, 0.25) is 0 Å². The molecule has 1 aliphatic rings. The monoisotopic (exact) mass is 245 g/mol. The van der Waals surface area contributed by atoms with Gasteiger partial charge in [0.2, 0.25) is 0 Å². The summed E-state index contributed by atoms with van der Waals surface area (Å²) >= 11 is 0. The highest BCUT2D eigenvalue weighted by Gasteiger charge is 2.28. The summed E-state index contributed by atoms with van der Waals surface area (Å²) in [5, 5.41) is 18.0. The van der Waals surface area contributed by atoms with Crippen molar-refractivity contribution >= 4 is 5.97 Å². The molecule has 1 aromatic rings. The topological polar surface area (TPSA) is 77.2 Å². The van der Waals surface area contributed by atoms with Crippen LogP contribution in [0.5, 0.6) is 0 Å². The molecule has 0 saturated carbocycles. The minimum Gasteiger partial charge on any atom is -0.480 e. The first-order valence-corrected chi connectivity index (χ1v) is 6.02. The Balaban J connectivity index is 2.11. The standard InChI is InChI=1S/C13H15N3O2/c14-8-11-7-10(4-5-15-11)9-16-6-2-1-3-12(16)13(17)18/h4-5,7,12H,1-3,6,9H2,(H,17,18). The Morgan fingerprint density at radius 3 is 3.17 bits per heavy atom. The van der Waals surface area contributed by atoms with E-state index in [0.717, 1.165) is 24.9 Å². The molecule has 0 aromatic carbocycles. The summed E-state index contributed by atoms with van der Waals surface area (Å²) < 4.78 is 0. The molecular formula is C13H15N3O2. The Kier molecular flexibility index (Phi) is 3.90. The van der Waals surface area contributed by atoms with Gasteiger partial charge in [0, 0.05) is 12.7 Å². The predicted octanol–water partition coefficient (Wildman–Crippen LogP) is 1.39. The SMILES string of the molecule is N#Cc1cc(CN2CCCCC2C(=O)O)ccn1. The summed E-state index contributed by atoms with van der Waals surface area (Å²) in [7, 11) is 0. The van der Waals surface area contributed by atoms with E-state index in [9.17, 15) is 9.90 Å². The highest BCUT2D eigenvalue weighted by atomic mass is 16.4. The van der Waals surface area contributed by atoms with Gasteiger partial charge >= 0.3 is 5.97 Å². The van der Waals surface area contributed by atoms with Crippen molar-refractivity contribution in [2.24, 2.45) is 0 Å². The Bertz CT molecular complexity index is 481. The van der Waals surface area contributed by atoms with Crippen molar-refractivity contribution in [3.8, 4) is 6.07 Å². The number of rotatable bonds is 3. The molecule has 94 valence electrons. The number of hydrogen-bond donors (Lipinski definition) is 1. The maximum atomic E-state index is 11.2. The fraction of sp³-hybridized carbons (Fsp3) is 0.462. The molecule has 18 heavy (non-hydrogen) atoms. The average molecular weight is 245 g/mol. The number of carboxylic acids is 1. The third-order valence-electron chi connectivity index (χ3n) is 3.22. The van der Waals surface area contributed by atoms with E-state index in [2.05, 4.69) is 4.98 Å². The van der Waals surface area contributed by atoms with Gasteiger partial charge in [-0.15, -0.1) is 0 Å². The molecule has 0 amide bonds. The van der Waals surface area contributed by atoms with E-state index in [1.165, 1.54) is 0 Å². The maximum absolute atomic E-state index is 11.2. The van der Waals surface area contributed by atoms with Crippen LogP contribution in [0.4, 0.5) is 0 Å². The summed E-state index contributed by atoms with van der Waals surface area (Å²) in [6.45, 7) is 1.36. The zero-order valence-corrected chi connectivity index (χ0v) is 10.0. The van der Waals surface area contributed by atoms with Gasteiger partial charge in [-0.2, -0.15) is 5.26 Å². The molecule has 1 aliphatic heterocycles. The second kappa shape index (κ2) is 5.61. The molecule has 0 aliphatic carbocycles. The van der Waals surface area contributed by atoms with Gasteiger partial charge in [0.25, 0.3) is 0 Å². The zero-order valence-electron chi connectivity index (χ0n) is 10.0. The lowest BCUT2D eigenvalue weighted by molar-refractivity contribution is -0.144. The molecule has 1 N–H and O–H groups in total. The van der Waals surface area contributed by atoms with Gasteiger partial charge in [0.1, 0.15) is 17.8 Å². The average Bonchev–Trinajstić information content (AvgIpc) is 2.39. The molecule has 1 atom stereocenters. The summed E-state index contributed by atoms with van der Waals surface area (Å²) in [6.07, 6.45) is 4.28. The molecule has 5 nitrogen and oxygen atoms in total. The number of aromatic nitrogens is 1. The number of aliphatic carboxylic acids is 1. The van der Waals surface area contributed by atoms with E-state index in [4.69, 9.17) is 5.26 Å². The molecule has 1 aromatic heterocycles. The van der Waals surface area contributed by atoms with Crippen molar-refractivity contribution in [1.29, 1.82) is 5.26 Å². The number of carbonyl (C=O) groups is 1. The number of nitriles is 1. The minimum absolute atomic E-state index is 0.372. The van der Waals surface area contributed by atoms with Crippen LogP contribution in [0.3, 0.4) is 0 Å². The number of likely N-dealkylation sites (tertiary alicyclic amines) is 1. The van der Waals surface area contributed by atoms with Gasteiger partial charge in [-0.25, -0.2) is 4.98 Å². The molecule has 1 unspecified atom stereocenters. The lowest BCUT2D eigenvalue weighted by Gasteiger charge is -2.32. The second-order valence-corrected chi connectivity index (χ2v) is 4.48. The van der Waals surface area contributed by atoms with E-state index in [1.54, 1.807) is 12.3 Å². The zero-order chi connectivity index (χ0) is 13.0. The number of carboxylic acid groups (broad SMARTS) is 1. The van der Waals surface area contributed by atoms with Crippen LogP contribution in [-0.4, -0.2) is 33.5 Å². The molecule has 1 fully saturated rings. The molecule has 2 heterocycles. The van der Waals surface area contributed by atoms with Gasteiger partial charge in [-0.3, -0.25) is 9.69 Å². The second-order valence-electron chi connectivity index (χ2n) is 4.48. The first-order chi connectivity index (χ1) is 8.70. The number of piperidine rings is 1. The number of pyridine rings is 1. The summed E-state index contributed by atoms with van der Waals surface area (Å²) in [5.41, 5.74) is 1.31. The third kappa shape index (κ3) is 2.84. The van der Waals surface area contributed by atoms with Crippen LogP contribution >= 0.6 is 0 Å². The molecule has 5 heteroatoms. The lowest BCUT2D eigenvalue weighted by atomic mass is 10.0. The van der Waals surface area contributed by atoms with E-state index >= 15 is 0 Å². The van der Waals surface area contributed by atoms with E-state index in [-0.39, 0.29) is 0 Å². The van der Waals surface area contributed by atoms with Crippen molar-refractivity contribution in [3.63, 3.8) is 0 Å². The fourth-order valence-corrected chi connectivity index (χ4v) is 2.33. The normalized spacial score (nSPS) is 20.3. The predicted molar refractivity (Wildman–Crippen MR) is 64.6 cm³/mol. The van der Waals surface area contributed by atoms with Gasteiger partial charge in [-0.05, 0) is 37.1 Å². The number of hydrogen-bond acceptors (Lipinski definition) is 4. The van der Waals surface area contributed by atoms with Gasteiger partial charge in [0.15, 0.2) is 0 Å². The highest BCUT2D eigenvalue weighted by molar-refractivity contribution is 5.73. The van der Waals surface area contributed by atoms with Crippen molar-refractivity contribution in [3.05, 3.63) is 29.6 Å². The van der Waals surface area contributed by atoms with Crippen LogP contribution in [0, 0.1) is 11.3 Å². The Morgan fingerprint density at radius 2 is 2.44 bits per heavy atom. The molecule has 0 bridgehead atoms. The van der Waals surface area contributed by atoms with Gasteiger partial charge in [-0.1, -0.05) is 6.42 Å². The third-order valence-corrected chi connectivity index (χ3v) is 3.22. The van der Waals surface area contributed by atoms with Gasteiger partial charge in [0.05, 0.1) is 0 Å². The molecule has 0 spiro atoms. The first kappa shape index (κ1) is 12.5. The Labute approximate surface area is 106 Å². The lowest BCUT2D eigenvalue weighted by Crippen LogP contribution is -2.44. The quantitative estimate of drug-likeness (QED) is 0.870. The van der Waals surface area contributed by atoms with Crippen LogP contribution in [0.25, 0.3) is 0 Å². The summed E-state index contributed by atoms with van der Waals surface area (Å²) in [6, 6.07) is 5.13.